The lowest BCUT2D eigenvalue weighted by atomic mass is 10.3. The van der Waals surface area contributed by atoms with Crippen molar-refractivity contribution in [1.82, 2.24) is 0 Å². The second-order valence-electron chi connectivity index (χ2n) is 4.51. The first-order valence-corrected chi connectivity index (χ1v) is 8.02. The summed E-state index contributed by atoms with van der Waals surface area (Å²) in [4.78, 5) is 11.3. The van der Waals surface area contributed by atoms with Crippen molar-refractivity contribution < 1.29 is 9.36 Å². The minimum Gasteiger partial charge on any atom is -0.366 e. The third-order valence-electron chi connectivity index (χ3n) is 3.04. The number of amides is 1. The Hall–Kier alpha value is -2.12. The predicted molar refractivity (Wildman–Crippen MR) is 82.7 cm³/mol. The van der Waals surface area contributed by atoms with Gasteiger partial charge in [-0.15, -0.1) is 0 Å². The number of hydrogen-bond acceptors (Lipinski definition) is 2. The lowest BCUT2D eigenvalue weighted by Gasteiger charge is -2.16. The van der Waals surface area contributed by atoms with E-state index < -0.39 is 13.0 Å². The van der Waals surface area contributed by atoms with Gasteiger partial charge in [0.2, 0.25) is 5.91 Å². The zero-order valence-corrected chi connectivity index (χ0v) is 12.1. The van der Waals surface area contributed by atoms with Crippen molar-refractivity contribution in [2.24, 2.45) is 5.73 Å². The molecule has 0 spiro atoms. The Morgan fingerprint density at radius 3 is 1.70 bits per heavy atom. The first kappa shape index (κ1) is 14.3. The van der Waals surface area contributed by atoms with E-state index in [1.54, 1.807) is 31.2 Å². The molecule has 0 aliphatic heterocycles. The van der Waals surface area contributed by atoms with Crippen LogP contribution in [0.1, 0.15) is 6.92 Å². The van der Waals surface area contributed by atoms with Gasteiger partial charge in [0.15, 0.2) is 7.14 Å². The summed E-state index contributed by atoms with van der Waals surface area (Å²) in [6.07, 6.45) is 0. The van der Waals surface area contributed by atoms with Gasteiger partial charge in [0.25, 0.3) is 0 Å². The molecule has 102 valence electrons. The van der Waals surface area contributed by atoms with Crippen LogP contribution in [0.15, 0.2) is 72.1 Å². The first-order valence-electron chi connectivity index (χ1n) is 6.24. The van der Waals surface area contributed by atoms with Gasteiger partial charge in [0, 0.05) is 16.2 Å². The van der Waals surface area contributed by atoms with Gasteiger partial charge in [-0.3, -0.25) is 4.79 Å². The molecule has 0 atom stereocenters. The number of benzene rings is 2. The molecule has 0 heterocycles. The highest BCUT2D eigenvalue weighted by Gasteiger charge is 2.25. The highest BCUT2D eigenvalue weighted by molar-refractivity contribution is 7.81. The number of nitrogens with two attached hydrogens (primary N) is 1. The Morgan fingerprint density at radius 2 is 1.35 bits per heavy atom. The molecule has 3 nitrogen and oxygen atoms in total. The van der Waals surface area contributed by atoms with Crippen molar-refractivity contribution in [3.63, 3.8) is 0 Å². The maximum Gasteiger partial charge on any atom is 0.244 e. The molecular weight excluding hydrogens is 269 g/mol. The molecule has 2 aromatic rings. The molecule has 4 heteroatoms. The van der Waals surface area contributed by atoms with E-state index >= 15 is 0 Å². The van der Waals surface area contributed by atoms with Crippen LogP contribution in [-0.4, -0.2) is 5.91 Å². The number of carbonyl (C=O) groups excluding carboxylic acids is 1. The predicted octanol–water partition coefficient (Wildman–Crippen LogP) is 2.39. The molecule has 20 heavy (non-hydrogen) atoms. The van der Waals surface area contributed by atoms with Gasteiger partial charge in [-0.25, -0.2) is 0 Å². The second-order valence-corrected chi connectivity index (χ2v) is 7.11. The smallest absolute Gasteiger partial charge is 0.244 e. The Bertz CT molecular complexity index is 635. The van der Waals surface area contributed by atoms with Gasteiger partial charge in [-0.1, -0.05) is 60.7 Å². The molecule has 2 aromatic carbocycles. The zero-order chi connectivity index (χ0) is 14.6. The summed E-state index contributed by atoms with van der Waals surface area (Å²) in [6.45, 7) is 1.58. The standard InChI is InChI=1S/C16H16NO2P/c1-13(16(17)18)12-20(19,14-8-4-2-5-9-14)15-10-6-3-7-11-15/h2-12H,1H3,(H2,17,18). The van der Waals surface area contributed by atoms with E-state index in [0.717, 1.165) is 0 Å². The van der Waals surface area contributed by atoms with E-state index in [1.165, 1.54) is 5.82 Å². The summed E-state index contributed by atoms with van der Waals surface area (Å²) in [5.41, 5.74) is 5.58. The van der Waals surface area contributed by atoms with E-state index in [4.69, 9.17) is 5.73 Å². The van der Waals surface area contributed by atoms with Gasteiger partial charge in [0.1, 0.15) is 0 Å². The van der Waals surface area contributed by atoms with E-state index in [1.807, 2.05) is 36.4 Å². The molecule has 2 N–H and O–H groups in total. The minimum absolute atomic E-state index is 0.307. The van der Waals surface area contributed by atoms with Crippen LogP contribution in [0, 0.1) is 0 Å². The number of primary amides is 1. The van der Waals surface area contributed by atoms with Crippen LogP contribution in [-0.2, 0) is 9.36 Å². The fourth-order valence-electron chi connectivity index (χ4n) is 1.93. The van der Waals surface area contributed by atoms with Crippen LogP contribution in [0.5, 0.6) is 0 Å². The van der Waals surface area contributed by atoms with Crippen molar-refractivity contribution in [3.8, 4) is 0 Å². The molecule has 0 saturated carbocycles. The Labute approximate surface area is 118 Å². The van der Waals surface area contributed by atoms with Crippen molar-refractivity contribution in [2.75, 3.05) is 0 Å². The molecule has 0 aliphatic carbocycles. The molecule has 0 aromatic heterocycles. The van der Waals surface area contributed by atoms with E-state index in [-0.39, 0.29) is 0 Å². The first-order chi connectivity index (χ1) is 9.54. The number of rotatable bonds is 4. The molecule has 2 rings (SSSR count). The molecule has 0 saturated heterocycles. The SMILES string of the molecule is CC(=CP(=O)(c1ccccc1)c1ccccc1)C(N)=O. The maximum absolute atomic E-state index is 13.4. The van der Waals surface area contributed by atoms with Crippen LogP contribution in [0.25, 0.3) is 0 Å². The van der Waals surface area contributed by atoms with Gasteiger partial charge < -0.3 is 10.3 Å². The topological polar surface area (TPSA) is 60.2 Å². The monoisotopic (exact) mass is 285 g/mol. The molecule has 1 amide bonds. The molecular formula is C16H16NO2P. The molecule has 0 bridgehead atoms. The van der Waals surface area contributed by atoms with Crippen molar-refractivity contribution in [2.45, 2.75) is 6.92 Å². The minimum atomic E-state index is -3.00. The molecule has 0 aliphatic rings. The van der Waals surface area contributed by atoms with Crippen molar-refractivity contribution in [1.29, 1.82) is 0 Å². The van der Waals surface area contributed by atoms with Crippen molar-refractivity contribution in [3.05, 3.63) is 72.1 Å². The lowest BCUT2D eigenvalue weighted by molar-refractivity contribution is -0.114. The summed E-state index contributed by atoms with van der Waals surface area (Å²) >= 11 is 0. The lowest BCUT2D eigenvalue weighted by Crippen LogP contribution is -2.17. The normalized spacial score (nSPS) is 12.2. The average Bonchev–Trinajstić information content (AvgIpc) is 2.48. The van der Waals surface area contributed by atoms with Gasteiger partial charge >= 0.3 is 0 Å². The number of carbonyl (C=O) groups is 1. The van der Waals surface area contributed by atoms with Crippen LogP contribution >= 0.6 is 7.14 Å². The van der Waals surface area contributed by atoms with Crippen LogP contribution in [0.3, 0.4) is 0 Å². The second kappa shape index (κ2) is 5.89. The Morgan fingerprint density at radius 1 is 0.950 bits per heavy atom. The van der Waals surface area contributed by atoms with Crippen LogP contribution < -0.4 is 16.3 Å². The maximum atomic E-state index is 13.4. The zero-order valence-electron chi connectivity index (χ0n) is 11.2. The molecule has 0 fully saturated rings. The van der Waals surface area contributed by atoms with E-state index in [9.17, 15) is 9.36 Å². The fourth-order valence-corrected chi connectivity index (χ4v) is 4.43. The van der Waals surface area contributed by atoms with Gasteiger partial charge in [0.05, 0.1) is 0 Å². The van der Waals surface area contributed by atoms with Crippen LogP contribution in [0.2, 0.25) is 0 Å². The van der Waals surface area contributed by atoms with Crippen LogP contribution in [0.4, 0.5) is 0 Å². The van der Waals surface area contributed by atoms with Gasteiger partial charge in [-0.2, -0.15) is 0 Å². The summed E-state index contributed by atoms with van der Waals surface area (Å²) in [5.74, 6) is 0.942. The summed E-state index contributed by atoms with van der Waals surface area (Å²) in [5, 5.41) is 1.37. The molecule has 0 radical (unpaired) electrons. The van der Waals surface area contributed by atoms with Crippen molar-refractivity contribution >= 4 is 23.7 Å². The quantitative estimate of drug-likeness (QED) is 0.692. The van der Waals surface area contributed by atoms with Gasteiger partial charge in [-0.05, 0) is 12.7 Å². The highest BCUT2D eigenvalue weighted by Crippen LogP contribution is 2.45. The Kier molecular flexibility index (Phi) is 4.21. The highest BCUT2D eigenvalue weighted by atomic mass is 31.2. The summed E-state index contributed by atoms with van der Waals surface area (Å²) in [7, 11) is -3.00. The number of hydrogen-bond donors (Lipinski definition) is 1. The van der Waals surface area contributed by atoms with E-state index in [0.29, 0.717) is 16.2 Å². The van der Waals surface area contributed by atoms with E-state index in [2.05, 4.69) is 0 Å². The third-order valence-corrected chi connectivity index (χ3v) is 5.93. The molecule has 0 unspecified atom stereocenters. The summed E-state index contributed by atoms with van der Waals surface area (Å²) < 4.78 is 13.4. The fraction of sp³-hybridized carbons (Fsp3) is 0.0625. The third kappa shape index (κ3) is 2.89. The average molecular weight is 285 g/mol. The Balaban J connectivity index is 2.65. The largest absolute Gasteiger partial charge is 0.366 e. The summed E-state index contributed by atoms with van der Waals surface area (Å²) in [6, 6.07) is 18.3.